The Kier molecular flexibility index (Phi) is 3.15. The Labute approximate surface area is 86.7 Å². The number of methoxy groups -OCH3 is 1. The molecule has 1 aromatic heterocycles. The van der Waals surface area contributed by atoms with Crippen molar-refractivity contribution in [2.45, 2.75) is 0 Å². The molecular formula is C6H5I2NO. The van der Waals surface area contributed by atoms with E-state index >= 15 is 0 Å². The maximum atomic E-state index is 5.05. The molecule has 2 nitrogen and oxygen atoms in total. The number of aromatic nitrogens is 1. The molecule has 10 heavy (non-hydrogen) atoms. The molecule has 0 spiro atoms. The first-order valence-corrected chi connectivity index (χ1v) is 4.75. The highest BCUT2D eigenvalue weighted by Gasteiger charge is 1.99. The Bertz CT molecular complexity index is 239. The lowest BCUT2D eigenvalue weighted by Gasteiger charge is -2.00. The zero-order valence-electron chi connectivity index (χ0n) is 5.27. The van der Waals surface area contributed by atoms with Crippen LogP contribution in [0.25, 0.3) is 0 Å². The van der Waals surface area contributed by atoms with Gasteiger partial charge in [-0.2, -0.15) is 0 Å². The Balaban J connectivity index is 3.09. The van der Waals surface area contributed by atoms with Crippen LogP contribution < -0.4 is 4.74 Å². The van der Waals surface area contributed by atoms with Crippen LogP contribution in [0.2, 0.25) is 0 Å². The molecule has 0 bridgehead atoms. The third-order valence-corrected chi connectivity index (χ3v) is 2.39. The first-order chi connectivity index (χ1) is 4.74. The molecule has 1 aromatic rings. The highest BCUT2D eigenvalue weighted by atomic mass is 127. The van der Waals surface area contributed by atoms with Crippen molar-refractivity contribution in [2.75, 3.05) is 7.11 Å². The quantitative estimate of drug-likeness (QED) is 0.566. The minimum atomic E-state index is 0.840. The molecule has 0 saturated carbocycles. The lowest BCUT2D eigenvalue weighted by Crippen LogP contribution is -1.90. The third kappa shape index (κ3) is 1.94. The van der Waals surface area contributed by atoms with Gasteiger partial charge in [-0.1, -0.05) is 0 Å². The van der Waals surface area contributed by atoms with E-state index < -0.39 is 0 Å². The molecular weight excluding hydrogens is 356 g/mol. The number of halogens is 2. The summed E-state index contributed by atoms with van der Waals surface area (Å²) in [7, 11) is 1.65. The van der Waals surface area contributed by atoms with Gasteiger partial charge < -0.3 is 4.74 Å². The summed E-state index contributed by atoms with van der Waals surface area (Å²) in [6, 6.07) is 1.95. The number of ether oxygens (including phenoxy) is 1. The summed E-state index contributed by atoms with van der Waals surface area (Å²) in [6.45, 7) is 0. The number of nitrogens with zero attached hydrogens (tertiary/aromatic N) is 1. The van der Waals surface area contributed by atoms with E-state index in [4.69, 9.17) is 4.74 Å². The molecule has 0 radical (unpaired) electrons. The molecule has 0 aliphatic rings. The Hall–Kier alpha value is 0.410. The molecule has 0 aliphatic heterocycles. The standard InChI is InChI=1S/C6H5I2NO/c1-10-5-2-4(7)3-9-6(5)8/h2-3H,1H3. The van der Waals surface area contributed by atoms with Crippen LogP contribution in [0.4, 0.5) is 0 Å². The van der Waals surface area contributed by atoms with Gasteiger partial charge in [0.15, 0.2) is 5.75 Å². The maximum Gasteiger partial charge on any atom is 0.151 e. The van der Waals surface area contributed by atoms with Gasteiger partial charge in [0.05, 0.1) is 7.11 Å². The number of hydrogen-bond acceptors (Lipinski definition) is 2. The zero-order valence-corrected chi connectivity index (χ0v) is 9.58. The fraction of sp³-hybridized carbons (Fsp3) is 0.167. The van der Waals surface area contributed by atoms with Crippen LogP contribution >= 0.6 is 45.2 Å². The molecule has 54 valence electrons. The van der Waals surface area contributed by atoms with Crippen molar-refractivity contribution in [1.82, 2.24) is 4.98 Å². The SMILES string of the molecule is COc1cc(I)cnc1I. The summed E-state index contributed by atoms with van der Waals surface area (Å²) in [5.74, 6) is 0.840. The van der Waals surface area contributed by atoms with E-state index in [2.05, 4.69) is 50.2 Å². The van der Waals surface area contributed by atoms with Gasteiger partial charge in [-0.15, -0.1) is 0 Å². The molecule has 0 N–H and O–H groups in total. The van der Waals surface area contributed by atoms with Crippen molar-refractivity contribution in [3.05, 3.63) is 19.5 Å². The molecule has 0 aromatic carbocycles. The molecule has 0 unspecified atom stereocenters. The average Bonchev–Trinajstić information content (AvgIpc) is 1.94. The second-order valence-corrected chi connectivity index (χ2v) is 3.91. The minimum absolute atomic E-state index is 0.840. The van der Waals surface area contributed by atoms with Gasteiger partial charge in [-0.3, -0.25) is 0 Å². The van der Waals surface area contributed by atoms with Crippen LogP contribution in [-0.2, 0) is 0 Å². The van der Waals surface area contributed by atoms with E-state index in [1.54, 1.807) is 7.11 Å². The van der Waals surface area contributed by atoms with Crippen LogP contribution in [0.3, 0.4) is 0 Å². The van der Waals surface area contributed by atoms with Gasteiger partial charge in [0, 0.05) is 9.77 Å². The number of pyridine rings is 1. The first kappa shape index (κ1) is 8.51. The van der Waals surface area contributed by atoms with Crippen LogP contribution in [0.5, 0.6) is 5.75 Å². The maximum absolute atomic E-state index is 5.05. The van der Waals surface area contributed by atoms with Gasteiger partial charge in [-0.25, -0.2) is 4.98 Å². The van der Waals surface area contributed by atoms with Gasteiger partial charge in [0.2, 0.25) is 0 Å². The normalized spacial score (nSPS) is 9.50. The zero-order chi connectivity index (χ0) is 7.56. The monoisotopic (exact) mass is 361 g/mol. The van der Waals surface area contributed by atoms with Crippen molar-refractivity contribution in [2.24, 2.45) is 0 Å². The topological polar surface area (TPSA) is 22.1 Å². The first-order valence-electron chi connectivity index (χ1n) is 2.59. The van der Waals surface area contributed by atoms with Gasteiger partial charge in [0.25, 0.3) is 0 Å². The van der Waals surface area contributed by atoms with Gasteiger partial charge in [-0.05, 0) is 51.2 Å². The fourth-order valence-electron chi connectivity index (χ4n) is 0.547. The molecule has 0 fully saturated rings. The summed E-state index contributed by atoms with van der Waals surface area (Å²) < 4.78 is 7.05. The predicted molar refractivity (Wildman–Crippen MR) is 56.2 cm³/mol. The second kappa shape index (κ2) is 3.70. The lowest BCUT2D eigenvalue weighted by molar-refractivity contribution is 0.409. The Morgan fingerprint density at radius 1 is 1.50 bits per heavy atom. The Morgan fingerprint density at radius 2 is 2.20 bits per heavy atom. The largest absolute Gasteiger partial charge is 0.494 e. The molecule has 1 rings (SSSR count). The highest BCUT2D eigenvalue weighted by Crippen LogP contribution is 2.19. The van der Waals surface area contributed by atoms with Crippen molar-refractivity contribution in [1.29, 1.82) is 0 Å². The molecule has 4 heteroatoms. The lowest BCUT2D eigenvalue weighted by atomic mass is 10.5. The number of rotatable bonds is 1. The summed E-state index contributed by atoms with van der Waals surface area (Å²) in [4.78, 5) is 4.10. The molecule has 0 saturated heterocycles. The van der Waals surface area contributed by atoms with Crippen molar-refractivity contribution in [3.63, 3.8) is 0 Å². The van der Waals surface area contributed by atoms with Crippen molar-refractivity contribution in [3.8, 4) is 5.75 Å². The van der Waals surface area contributed by atoms with E-state index in [9.17, 15) is 0 Å². The van der Waals surface area contributed by atoms with Crippen molar-refractivity contribution >= 4 is 45.2 Å². The van der Waals surface area contributed by atoms with Gasteiger partial charge in [0.1, 0.15) is 3.70 Å². The smallest absolute Gasteiger partial charge is 0.151 e. The van der Waals surface area contributed by atoms with E-state index in [1.807, 2.05) is 12.3 Å². The molecule has 0 atom stereocenters. The highest BCUT2D eigenvalue weighted by molar-refractivity contribution is 14.1. The number of hydrogen-bond donors (Lipinski definition) is 0. The van der Waals surface area contributed by atoms with Crippen LogP contribution in [0.1, 0.15) is 0 Å². The average molecular weight is 361 g/mol. The fourth-order valence-corrected chi connectivity index (χ4v) is 1.48. The Morgan fingerprint density at radius 3 is 2.70 bits per heavy atom. The van der Waals surface area contributed by atoms with Crippen LogP contribution in [0, 0.1) is 7.27 Å². The van der Waals surface area contributed by atoms with Crippen LogP contribution in [-0.4, -0.2) is 12.1 Å². The van der Waals surface area contributed by atoms with Crippen LogP contribution in [0.15, 0.2) is 12.3 Å². The molecule has 1 heterocycles. The summed E-state index contributed by atoms with van der Waals surface area (Å²) in [6.07, 6.45) is 1.81. The second-order valence-electron chi connectivity index (χ2n) is 1.65. The van der Waals surface area contributed by atoms with Crippen molar-refractivity contribution < 1.29 is 4.74 Å². The van der Waals surface area contributed by atoms with E-state index in [1.165, 1.54) is 0 Å². The van der Waals surface area contributed by atoms with E-state index in [-0.39, 0.29) is 0 Å². The molecule has 0 aliphatic carbocycles. The summed E-state index contributed by atoms with van der Waals surface area (Å²) >= 11 is 4.34. The molecule has 0 amide bonds. The predicted octanol–water partition coefficient (Wildman–Crippen LogP) is 2.30. The summed E-state index contributed by atoms with van der Waals surface area (Å²) in [5, 5.41) is 0. The third-order valence-electron chi connectivity index (χ3n) is 0.993. The van der Waals surface area contributed by atoms with E-state index in [0.29, 0.717) is 0 Å². The minimum Gasteiger partial charge on any atom is -0.494 e. The summed E-state index contributed by atoms with van der Waals surface area (Å²) in [5.41, 5.74) is 0. The van der Waals surface area contributed by atoms with E-state index in [0.717, 1.165) is 13.0 Å². The van der Waals surface area contributed by atoms with Gasteiger partial charge >= 0.3 is 0 Å².